The summed E-state index contributed by atoms with van der Waals surface area (Å²) in [6, 6.07) is 12.3. The van der Waals surface area contributed by atoms with Gasteiger partial charge in [0.05, 0.1) is 0 Å². The minimum atomic E-state index is -0.395. The zero-order chi connectivity index (χ0) is 14.5. The molecule has 0 aliphatic heterocycles. The average molecular weight is 273 g/mol. The topological polar surface area (TPSA) is 70.6 Å². The van der Waals surface area contributed by atoms with E-state index in [2.05, 4.69) is 10.5 Å². The number of nitrogens with zero attached hydrogens (tertiary/aromatic N) is 1. The predicted octanol–water partition coefficient (Wildman–Crippen LogP) is 2.84. The SMILES string of the molecule is Cc1ccc(NCc2ccc(C(N)=NO)cc2F)cc1. The first-order chi connectivity index (χ1) is 9.60. The lowest BCUT2D eigenvalue weighted by Gasteiger charge is -2.09. The highest BCUT2D eigenvalue weighted by atomic mass is 19.1. The first-order valence-corrected chi connectivity index (χ1v) is 6.17. The summed E-state index contributed by atoms with van der Waals surface area (Å²) >= 11 is 0. The standard InChI is InChI=1S/C15H16FN3O/c1-10-2-6-13(7-3-10)18-9-12-5-4-11(8-14(12)16)15(17)19-20/h2-8,18,20H,9H2,1H3,(H2,17,19). The Bertz CT molecular complexity index is 624. The van der Waals surface area contributed by atoms with Crippen LogP contribution in [0.3, 0.4) is 0 Å². The number of halogens is 1. The number of anilines is 1. The summed E-state index contributed by atoms with van der Waals surface area (Å²) in [5, 5.41) is 14.5. The molecule has 0 bridgehead atoms. The molecule has 0 atom stereocenters. The maximum absolute atomic E-state index is 13.9. The van der Waals surface area contributed by atoms with Crippen LogP contribution in [-0.4, -0.2) is 11.0 Å². The van der Waals surface area contributed by atoms with Crippen LogP contribution in [0.4, 0.5) is 10.1 Å². The molecule has 2 aromatic carbocycles. The molecule has 0 aliphatic rings. The lowest BCUT2D eigenvalue weighted by atomic mass is 10.1. The van der Waals surface area contributed by atoms with E-state index in [9.17, 15) is 4.39 Å². The highest BCUT2D eigenvalue weighted by Gasteiger charge is 2.06. The summed E-state index contributed by atoms with van der Waals surface area (Å²) in [6.07, 6.45) is 0. The molecular weight excluding hydrogens is 257 g/mol. The van der Waals surface area contributed by atoms with E-state index >= 15 is 0 Å². The molecule has 4 nitrogen and oxygen atoms in total. The van der Waals surface area contributed by atoms with Crippen LogP contribution in [0, 0.1) is 12.7 Å². The molecule has 0 fully saturated rings. The second-order valence-electron chi connectivity index (χ2n) is 4.51. The number of aryl methyl sites for hydroxylation is 1. The Hall–Kier alpha value is -2.56. The fraction of sp³-hybridized carbons (Fsp3) is 0.133. The van der Waals surface area contributed by atoms with Crippen molar-refractivity contribution in [2.45, 2.75) is 13.5 Å². The van der Waals surface area contributed by atoms with Gasteiger partial charge in [-0.05, 0) is 25.1 Å². The Morgan fingerprint density at radius 2 is 1.95 bits per heavy atom. The quantitative estimate of drug-likeness (QED) is 0.347. The lowest BCUT2D eigenvalue weighted by molar-refractivity contribution is 0.318. The van der Waals surface area contributed by atoms with Gasteiger partial charge in [-0.3, -0.25) is 0 Å². The van der Waals surface area contributed by atoms with Crippen molar-refractivity contribution in [1.29, 1.82) is 0 Å². The number of oxime groups is 1. The van der Waals surface area contributed by atoms with Crippen LogP contribution in [0.2, 0.25) is 0 Å². The average Bonchev–Trinajstić information content (AvgIpc) is 2.46. The van der Waals surface area contributed by atoms with Gasteiger partial charge in [0.1, 0.15) is 5.82 Å². The first-order valence-electron chi connectivity index (χ1n) is 6.17. The van der Waals surface area contributed by atoms with Gasteiger partial charge in [0.15, 0.2) is 5.84 Å². The number of rotatable bonds is 4. The van der Waals surface area contributed by atoms with E-state index in [4.69, 9.17) is 10.9 Å². The van der Waals surface area contributed by atoms with Crippen molar-refractivity contribution in [3.63, 3.8) is 0 Å². The van der Waals surface area contributed by atoms with Gasteiger partial charge in [-0.15, -0.1) is 0 Å². The molecule has 104 valence electrons. The van der Waals surface area contributed by atoms with Gasteiger partial charge in [-0.2, -0.15) is 0 Å². The van der Waals surface area contributed by atoms with Gasteiger partial charge in [0, 0.05) is 23.4 Å². The number of nitrogens with two attached hydrogens (primary N) is 1. The molecule has 20 heavy (non-hydrogen) atoms. The highest BCUT2D eigenvalue weighted by molar-refractivity contribution is 5.97. The fourth-order valence-electron chi connectivity index (χ4n) is 1.78. The van der Waals surface area contributed by atoms with Crippen molar-refractivity contribution < 1.29 is 9.60 Å². The van der Waals surface area contributed by atoms with Gasteiger partial charge < -0.3 is 16.3 Å². The van der Waals surface area contributed by atoms with E-state index in [1.165, 1.54) is 11.6 Å². The van der Waals surface area contributed by atoms with Crippen molar-refractivity contribution in [2.24, 2.45) is 10.9 Å². The molecule has 0 aliphatic carbocycles. The Morgan fingerprint density at radius 3 is 2.55 bits per heavy atom. The van der Waals surface area contributed by atoms with Crippen molar-refractivity contribution in [3.8, 4) is 0 Å². The molecule has 0 aromatic heterocycles. The fourth-order valence-corrected chi connectivity index (χ4v) is 1.78. The molecule has 0 unspecified atom stereocenters. The molecular formula is C15H16FN3O. The monoisotopic (exact) mass is 273 g/mol. The Kier molecular flexibility index (Phi) is 4.20. The third kappa shape index (κ3) is 3.26. The summed E-state index contributed by atoms with van der Waals surface area (Å²) in [6.45, 7) is 2.38. The van der Waals surface area contributed by atoms with Gasteiger partial charge >= 0.3 is 0 Å². The molecule has 0 heterocycles. The summed E-state index contributed by atoms with van der Waals surface area (Å²) in [5.41, 5.74) is 8.37. The molecule has 0 saturated heterocycles. The van der Waals surface area contributed by atoms with E-state index in [1.54, 1.807) is 12.1 Å². The molecule has 5 heteroatoms. The molecule has 2 rings (SSSR count). The van der Waals surface area contributed by atoms with Crippen LogP contribution in [0.25, 0.3) is 0 Å². The van der Waals surface area contributed by atoms with Crippen molar-refractivity contribution in [1.82, 2.24) is 0 Å². The van der Waals surface area contributed by atoms with Crippen LogP contribution in [0.1, 0.15) is 16.7 Å². The van der Waals surface area contributed by atoms with Crippen LogP contribution in [-0.2, 0) is 6.54 Å². The Morgan fingerprint density at radius 1 is 1.25 bits per heavy atom. The van der Waals surface area contributed by atoms with Gasteiger partial charge in [0.2, 0.25) is 0 Å². The predicted molar refractivity (Wildman–Crippen MR) is 77.4 cm³/mol. The van der Waals surface area contributed by atoms with E-state index in [1.807, 2.05) is 31.2 Å². The number of hydrogen-bond acceptors (Lipinski definition) is 3. The smallest absolute Gasteiger partial charge is 0.170 e. The normalized spacial score (nSPS) is 11.4. The maximum atomic E-state index is 13.9. The highest BCUT2D eigenvalue weighted by Crippen LogP contribution is 2.14. The molecule has 0 saturated carbocycles. The number of nitrogens with one attached hydrogen (secondary N) is 1. The van der Waals surface area contributed by atoms with E-state index in [-0.39, 0.29) is 5.84 Å². The summed E-state index contributed by atoms with van der Waals surface area (Å²) in [4.78, 5) is 0. The summed E-state index contributed by atoms with van der Waals surface area (Å²) in [7, 11) is 0. The van der Waals surface area contributed by atoms with Crippen molar-refractivity contribution in [2.75, 3.05) is 5.32 Å². The first kappa shape index (κ1) is 13.9. The van der Waals surface area contributed by atoms with Crippen molar-refractivity contribution >= 4 is 11.5 Å². The van der Waals surface area contributed by atoms with Gasteiger partial charge in [0.25, 0.3) is 0 Å². The van der Waals surface area contributed by atoms with E-state index in [0.717, 1.165) is 5.69 Å². The van der Waals surface area contributed by atoms with E-state index < -0.39 is 5.82 Å². The molecule has 0 amide bonds. The van der Waals surface area contributed by atoms with Gasteiger partial charge in [-0.25, -0.2) is 4.39 Å². The van der Waals surface area contributed by atoms with E-state index in [0.29, 0.717) is 17.7 Å². The van der Waals surface area contributed by atoms with Crippen LogP contribution in [0.15, 0.2) is 47.6 Å². The van der Waals surface area contributed by atoms with Crippen LogP contribution in [0.5, 0.6) is 0 Å². The second kappa shape index (κ2) is 6.06. The van der Waals surface area contributed by atoms with Crippen molar-refractivity contribution in [3.05, 3.63) is 65.0 Å². The maximum Gasteiger partial charge on any atom is 0.170 e. The summed E-state index contributed by atoms with van der Waals surface area (Å²) in [5.74, 6) is -0.504. The minimum absolute atomic E-state index is 0.109. The largest absolute Gasteiger partial charge is 0.409 e. The molecule has 4 N–H and O–H groups in total. The third-order valence-corrected chi connectivity index (χ3v) is 2.99. The number of hydrogen-bond donors (Lipinski definition) is 3. The Labute approximate surface area is 116 Å². The summed E-state index contributed by atoms with van der Waals surface area (Å²) < 4.78 is 13.9. The molecule has 0 radical (unpaired) electrons. The minimum Gasteiger partial charge on any atom is -0.409 e. The van der Waals surface area contributed by atoms with Crippen LogP contribution < -0.4 is 11.1 Å². The van der Waals surface area contributed by atoms with Gasteiger partial charge in [-0.1, -0.05) is 35.0 Å². The van der Waals surface area contributed by atoms with Crippen LogP contribution >= 0.6 is 0 Å². The third-order valence-electron chi connectivity index (χ3n) is 2.99. The lowest BCUT2D eigenvalue weighted by Crippen LogP contribution is -2.14. The number of amidine groups is 1. The Balaban J connectivity index is 2.08. The number of benzene rings is 2. The molecule has 0 spiro atoms. The second-order valence-corrected chi connectivity index (χ2v) is 4.51. The molecule has 2 aromatic rings. The zero-order valence-electron chi connectivity index (χ0n) is 11.1. The zero-order valence-corrected chi connectivity index (χ0v) is 11.1.